The van der Waals surface area contributed by atoms with Gasteiger partial charge in [-0.15, -0.1) is 0 Å². The van der Waals surface area contributed by atoms with Gasteiger partial charge in [0.2, 0.25) is 0 Å². The van der Waals surface area contributed by atoms with Crippen molar-refractivity contribution in [1.82, 2.24) is 9.99 Å². The molecule has 1 fully saturated rings. The Labute approximate surface area is 135 Å². The van der Waals surface area contributed by atoms with Gasteiger partial charge in [-0.25, -0.2) is 5.43 Å². The number of rotatable bonds is 4. The van der Waals surface area contributed by atoms with Crippen molar-refractivity contribution in [2.24, 2.45) is 5.10 Å². The Hall–Kier alpha value is -2.56. The Balaban J connectivity index is 1.58. The Bertz CT molecular complexity index is 700. The highest BCUT2D eigenvalue weighted by Crippen LogP contribution is 2.28. The lowest BCUT2D eigenvalue weighted by Crippen LogP contribution is -2.17. The van der Waals surface area contributed by atoms with E-state index in [1.807, 2.05) is 6.07 Å². The Morgan fingerprint density at radius 3 is 2.87 bits per heavy atom. The summed E-state index contributed by atoms with van der Waals surface area (Å²) in [6.45, 7) is 0. The quantitative estimate of drug-likeness (QED) is 0.671. The van der Waals surface area contributed by atoms with Crippen LogP contribution >= 0.6 is 0 Å². The van der Waals surface area contributed by atoms with E-state index < -0.39 is 0 Å². The summed E-state index contributed by atoms with van der Waals surface area (Å²) in [5.74, 6) is -0.282. The van der Waals surface area contributed by atoms with Gasteiger partial charge in [-0.1, -0.05) is 25.3 Å². The van der Waals surface area contributed by atoms with Crippen molar-refractivity contribution in [2.75, 3.05) is 0 Å². The first-order valence-electron chi connectivity index (χ1n) is 8.02. The highest BCUT2D eigenvalue weighted by molar-refractivity contribution is 5.95. The van der Waals surface area contributed by atoms with Crippen LogP contribution in [0.25, 0.3) is 0 Å². The molecule has 0 atom stereocenters. The maximum Gasteiger partial charge on any atom is 0.271 e. The lowest BCUT2D eigenvalue weighted by atomic mass is 9.95. The Morgan fingerprint density at radius 1 is 1.26 bits per heavy atom. The van der Waals surface area contributed by atoms with Gasteiger partial charge in [0, 0.05) is 29.6 Å². The molecule has 2 aromatic rings. The lowest BCUT2D eigenvalue weighted by molar-refractivity contribution is 0.0954. The van der Waals surface area contributed by atoms with E-state index >= 15 is 0 Å². The van der Waals surface area contributed by atoms with E-state index in [1.54, 1.807) is 18.3 Å². The van der Waals surface area contributed by atoms with Crippen LogP contribution in [0.3, 0.4) is 0 Å². The number of phenolic OH excluding ortho intramolecular Hbond substituents is 1. The van der Waals surface area contributed by atoms with Gasteiger partial charge in [0.1, 0.15) is 5.75 Å². The number of nitrogens with zero attached hydrogens (tertiary/aromatic N) is 2. The van der Waals surface area contributed by atoms with Crippen LogP contribution < -0.4 is 5.43 Å². The zero-order valence-electron chi connectivity index (χ0n) is 13.0. The molecule has 5 nitrogen and oxygen atoms in total. The number of hydrogen-bond donors (Lipinski definition) is 2. The SMILES string of the molecule is O=C(N/N=C/c1ccn(C2CCCCC2)c1)c1cccc(O)c1. The van der Waals surface area contributed by atoms with Crippen molar-refractivity contribution in [3.63, 3.8) is 0 Å². The molecular weight excluding hydrogens is 290 g/mol. The van der Waals surface area contributed by atoms with Crippen molar-refractivity contribution in [3.8, 4) is 5.75 Å². The normalized spacial score (nSPS) is 15.8. The van der Waals surface area contributed by atoms with Crippen LogP contribution in [0.15, 0.2) is 47.8 Å². The summed E-state index contributed by atoms with van der Waals surface area (Å²) in [5.41, 5.74) is 3.81. The number of nitrogens with one attached hydrogen (secondary N) is 1. The molecule has 1 aromatic heterocycles. The predicted molar refractivity (Wildman–Crippen MR) is 89.7 cm³/mol. The summed E-state index contributed by atoms with van der Waals surface area (Å²) in [7, 11) is 0. The fraction of sp³-hybridized carbons (Fsp3) is 0.333. The molecule has 0 bridgehead atoms. The molecule has 0 radical (unpaired) electrons. The summed E-state index contributed by atoms with van der Waals surface area (Å²) < 4.78 is 2.25. The third-order valence-corrected chi connectivity index (χ3v) is 4.22. The minimum Gasteiger partial charge on any atom is -0.508 e. The molecule has 0 saturated heterocycles. The average molecular weight is 311 g/mol. The highest BCUT2D eigenvalue weighted by atomic mass is 16.3. The number of phenols is 1. The number of aromatic nitrogens is 1. The summed E-state index contributed by atoms with van der Waals surface area (Å²) in [6, 6.07) is 8.77. The van der Waals surface area contributed by atoms with Crippen molar-refractivity contribution >= 4 is 12.1 Å². The lowest BCUT2D eigenvalue weighted by Gasteiger charge is -2.23. The molecule has 5 heteroatoms. The number of amides is 1. The van der Waals surface area contributed by atoms with Crippen LogP contribution in [-0.2, 0) is 0 Å². The minimum absolute atomic E-state index is 0.0613. The highest BCUT2D eigenvalue weighted by Gasteiger charge is 2.14. The second-order valence-electron chi connectivity index (χ2n) is 5.93. The van der Waals surface area contributed by atoms with Gasteiger partial charge in [0.25, 0.3) is 5.91 Å². The number of benzene rings is 1. The molecule has 1 aliphatic carbocycles. The van der Waals surface area contributed by atoms with Crippen LogP contribution in [-0.4, -0.2) is 21.8 Å². The molecule has 2 N–H and O–H groups in total. The van der Waals surface area contributed by atoms with E-state index in [1.165, 1.54) is 44.2 Å². The maximum atomic E-state index is 11.9. The first-order chi connectivity index (χ1) is 11.2. The van der Waals surface area contributed by atoms with Crippen molar-refractivity contribution in [2.45, 2.75) is 38.1 Å². The van der Waals surface area contributed by atoms with Gasteiger partial charge in [-0.3, -0.25) is 4.79 Å². The number of aromatic hydroxyl groups is 1. The molecule has 1 aromatic carbocycles. The zero-order valence-corrected chi connectivity index (χ0v) is 13.0. The average Bonchev–Trinajstić information content (AvgIpc) is 3.04. The number of hydrogen-bond acceptors (Lipinski definition) is 3. The van der Waals surface area contributed by atoms with Crippen LogP contribution in [0.1, 0.15) is 54.1 Å². The molecule has 120 valence electrons. The van der Waals surface area contributed by atoms with Crippen LogP contribution in [0.2, 0.25) is 0 Å². The van der Waals surface area contributed by atoms with E-state index in [-0.39, 0.29) is 11.7 Å². The minimum atomic E-state index is -0.344. The third-order valence-electron chi connectivity index (χ3n) is 4.22. The van der Waals surface area contributed by atoms with E-state index in [2.05, 4.69) is 27.5 Å². The third kappa shape index (κ3) is 4.00. The number of hydrazone groups is 1. The van der Waals surface area contributed by atoms with Crippen LogP contribution in [0.4, 0.5) is 0 Å². The summed E-state index contributed by atoms with van der Waals surface area (Å²) >= 11 is 0. The second-order valence-corrected chi connectivity index (χ2v) is 5.93. The second kappa shape index (κ2) is 7.13. The van der Waals surface area contributed by atoms with E-state index in [0.717, 1.165) is 5.56 Å². The van der Waals surface area contributed by atoms with Gasteiger partial charge in [0.05, 0.1) is 6.21 Å². The smallest absolute Gasteiger partial charge is 0.271 e. The fourth-order valence-electron chi connectivity index (χ4n) is 2.99. The molecule has 3 rings (SSSR count). The van der Waals surface area contributed by atoms with Gasteiger partial charge in [-0.05, 0) is 37.1 Å². The van der Waals surface area contributed by atoms with Crippen molar-refractivity contribution in [3.05, 3.63) is 53.9 Å². The van der Waals surface area contributed by atoms with Gasteiger partial charge in [-0.2, -0.15) is 5.10 Å². The predicted octanol–water partition coefficient (Wildman–Crippen LogP) is 3.46. The van der Waals surface area contributed by atoms with Gasteiger partial charge >= 0.3 is 0 Å². The Kier molecular flexibility index (Phi) is 4.76. The summed E-state index contributed by atoms with van der Waals surface area (Å²) in [6.07, 6.45) is 12.2. The molecule has 0 aliphatic heterocycles. The standard InChI is InChI=1S/C18H21N3O2/c22-17-8-4-5-15(11-17)18(23)20-19-12-14-9-10-21(13-14)16-6-2-1-3-7-16/h4-5,8-13,16,22H,1-3,6-7H2,(H,20,23)/b19-12+. The summed E-state index contributed by atoms with van der Waals surface area (Å²) in [5, 5.41) is 13.4. The van der Waals surface area contributed by atoms with Gasteiger partial charge < -0.3 is 9.67 Å². The molecule has 1 amide bonds. The van der Waals surface area contributed by atoms with E-state index in [0.29, 0.717) is 11.6 Å². The number of carbonyl (C=O) groups is 1. The van der Waals surface area contributed by atoms with Gasteiger partial charge in [0.15, 0.2) is 0 Å². The Morgan fingerprint density at radius 2 is 2.09 bits per heavy atom. The monoisotopic (exact) mass is 311 g/mol. The van der Waals surface area contributed by atoms with Crippen LogP contribution in [0, 0.1) is 0 Å². The molecule has 0 unspecified atom stereocenters. The summed E-state index contributed by atoms with van der Waals surface area (Å²) in [4.78, 5) is 11.9. The van der Waals surface area contributed by atoms with Crippen LogP contribution in [0.5, 0.6) is 5.75 Å². The molecular formula is C18H21N3O2. The molecule has 0 spiro atoms. The largest absolute Gasteiger partial charge is 0.508 e. The van der Waals surface area contributed by atoms with Crippen molar-refractivity contribution < 1.29 is 9.90 Å². The first kappa shape index (κ1) is 15.3. The maximum absolute atomic E-state index is 11.9. The number of carbonyl (C=O) groups excluding carboxylic acids is 1. The molecule has 23 heavy (non-hydrogen) atoms. The molecule has 1 aliphatic rings. The van der Waals surface area contributed by atoms with E-state index in [4.69, 9.17) is 0 Å². The van der Waals surface area contributed by atoms with E-state index in [9.17, 15) is 9.90 Å². The fourth-order valence-corrected chi connectivity index (χ4v) is 2.99. The first-order valence-corrected chi connectivity index (χ1v) is 8.02. The molecule has 1 heterocycles. The zero-order chi connectivity index (χ0) is 16.1. The molecule has 1 saturated carbocycles. The van der Waals surface area contributed by atoms with Crippen molar-refractivity contribution in [1.29, 1.82) is 0 Å². The topological polar surface area (TPSA) is 66.6 Å².